The van der Waals surface area contributed by atoms with Gasteiger partial charge in [0, 0.05) is 12.1 Å². The summed E-state index contributed by atoms with van der Waals surface area (Å²) >= 11 is 12.2. The van der Waals surface area contributed by atoms with Crippen LogP contribution in [0.15, 0.2) is 66.7 Å². The van der Waals surface area contributed by atoms with Crippen molar-refractivity contribution in [3.8, 4) is 5.69 Å². The summed E-state index contributed by atoms with van der Waals surface area (Å²) in [4.78, 5) is 26.2. The molecule has 4 rings (SSSR count). The van der Waals surface area contributed by atoms with Crippen LogP contribution in [0.3, 0.4) is 0 Å². The van der Waals surface area contributed by atoms with Gasteiger partial charge < -0.3 is 22.1 Å². The molecule has 0 spiro atoms. The quantitative estimate of drug-likeness (QED) is 0.298. The molecule has 9 nitrogen and oxygen atoms in total. The summed E-state index contributed by atoms with van der Waals surface area (Å²) in [6, 6.07) is 18.7. The highest BCUT2D eigenvalue weighted by Crippen LogP contribution is 2.28. The van der Waals surface area contributed by atoms with Crippen LogP contribution in [-0.4, -0.2) is 26.8 Å². The van der Waals surface area contributed by atoms with Crippen molar-refractivity contribution in [1.29, 1.82) is 0 Å². The van der Waals surface area contributed by atoms with Crippen LogP contribution in [0.5, 0.6) is 0 Å². The number of anilines is 3. The van der Waals surface area contributed by atoms with Gasteiger partial charge in [-0.3, -0.25) is 9.59 Å². The number of para-hydroxylation sites is 2. The van der Waals surface area contributed by atoms with Gasteiger partial charge in [0.05, 0.1) is 21.4 Å². The Morgan fingerprint density at radius 2 is 1.62 bits per heavy atom. The van der Waals surface area contributed by atoms with Crippen molar-refractivity contribution in [2.45, 2.75) is 6.54 Å². The summed E-state index contributed by atoms with van der Waals surface area (Å²) in [7, 11) is 0. The zero-order valence-electron chi connectivity index (χ0n) is 17.6. The van der Waals surface area contributed by atoms with Crippen LogP contribution in [0.1, 0.15) is 26.4 Å². The Bertz CT molecular complexity index is 1370. The molecule has 0 fully saturated rings. The number of benzene rings is 3. The second-order valence-corrected chi connectivity index (χ2v) is 8.00. The largest absolute Gasteiger partial charge is 0.397 e. The number of amides is 2. The van der Waals surface area contributed by atoms with E-state index < -0.39 is 5.91 Å². The number of carbonyl (C=O) groups is 2. The summed E-state index contributed by atoms with van der Waals surface area (Å²) in [5, 5.41) is 14.3. The van der Waals surface area contributed by atoms with E-state index in [2.05, 4.69) is 20.8 Å². The Labute approximate surface area is 204 Å². The number of nitrogens with two attached hydrogens (primary N) is 2. The van der Waals surface area contributed by atoms with Gasteiger partial charge in [-0.1, -0.05) is 53.5 Å². The number of rotatable bonds is 6. The molecule has 0 bridgehead atoms. The molecule has 0 aliphatic rings. The topological polar surface area (TPSA) is 141 Å². The number of nitrogens with one attached hydrogen (secondary N) is 2. The van der Waals surface area contributed by atoms with E-state index in [-0.39, 0.29) is 29.0 Å². The number of aromatic nitrogens is 3. The van der Waals surface area contributed by atoms with Crippen LogP contribution in [0.25, 0.3) is 5.69 Å². The highest BCUT2D eigenvalue weighted by molar-refractivity contribution is 6.43. The molecule has 0 radical (unpaired) electrons. The molecule has 0 atom stereocenters. The predicted molar refractivity (Wildman–Crippen MR) is 132 cm³/mol. The van der Waals surface area contributed by atoms with Gasteiger partial charge in [0.15, 0.2) is 11.5 Å². The van der Waals surface area contributed by atoms with Gasteiger partial charge in [0.25, 0.3) is 11.8 Å². The molecule has 0 aliphatic heterocycles. The average Bonchev–Trinajstić information content (AvgIpc) is 3.22. The van der Waals surface area contributed by atoms with Crippen molar-refractivity contribution in [1.82, 2.24) is 20.3 Å². The van der Waals surface area contributed by atoms with Crippen molar-refractivity contribution < 1.29 is 9.59 Å². The molecule has 2 amide bonds. The normalized spacial score (nSPS) is 10.6. The van der Waals surface area contributed by atoms with E-state index in [9.17, 15) is 9.59 Å². The molecule has 3 aromatic carbocycles. The van der Waals surface area contributed by atoms with Gasteiger partial charge in [-0.2, -0.15) is 0 Å². The zero-order chi connectivity index (χ0) is 24.2. The summed E-state index contributed by atoms with van der Waals surface area (Å²) in [6.45, 7) is 0.191. The number of carbonyl (C=O) groups excluding carboxylic acids is 2. The van der Waals surface area contributed by atoms with Crippen LogP contribution in [0, 0.1) is 0 Å². The second kappa shape index (κ2) is 9.82. The van der Waals surface area contributed by atoms with Gasteiger partial charge in [0.1, 0.15) is 5.69 Å². The molecular formula is C23H19Cl2N7O2. The SMILES string of the molecule is Nc1ccccc1NC(=O)c1ccc(CNC(=O)c2nn(-c3cccc(Cl)c3Cl)nc2N)cc1. The van der Waals surface area contributed by atoms with E-state index in [0.29, 0.717) is 27.6 Å². The van der Waals surface area contributed by atoms with Crippen molar-refractivity contribution in [3.63, 3.8) is 0 Å². The minimum Gasteiger partial charge on any atom is -0.397 e. The van der Waals surface area contributed by atoms with E-state index in [0.717, 1.165) is 10.4 Å². The third-order valence-electron chi connectivity index (χ3n) is 4.88. The van der Waals surface area contributed by atoms with Crippen molar-refractivity contribution in [2.75, 3.05) is 16.8 Å². The van der Waals surface area contributed by atoms with Crippen LogP contribution >= 0.6 is 23.2 Å². The van der Waals surface area contributed by atoms with Crippen molar-refractivity contribution in [2.24, 2.45) is 0 Å². The molecule has 11 heteroatoms. The standard InChI is InChI=1S/C23H19Cl2N7O2/c24-15-4-3-7-18(19(15)25)32-30-20(21(27)31-32)23(34)28-12-13-8-10-14(11-9-13)22(33)29-17-6-2-1-5-16(17)26/h1-11H,12,26H2,(H2,27,31)(H,28,34)(H,29,33). The number of halogens is 2. The Hall–Kier alpha value is -4.08. The number of nitrogen functional groups attached to an aromatic ring is 2. The molecule has 6 N–H and O–H groups in total. The fourth-order valence-corrected chi connectivity index (χ4v) is 3.45. The molecule has 172 valence electrons. The summed E-state index contributed by atoms with van der Waals surface area (Å²) in [6.07, 6.45) is 0. The van der Waals surface area contributed by atoms with E-state index in [1.54, 1.807) is 66.7 Å². The first-order valence-electron chi connectivity index (χ1n) is 10.0. The average molecular weight is 496 g/mol. The third-order valence-corrected chi connectivity index (χ3v) is 5.69. The van der Waals surface area contributed by atoms with E-state index in [1.807, 2.05) is 0 Å². The number of hydrogen-bond donors (Lipinski definition) is 4. The minimum absolute atomic E-state index is 0.0486. The highest BCUT2D eigenvalue weighted by atomic mass is 35.5. The first-order chi connectivity index (χ1) is 16.3. The molecule has 0 unspecified atom stereocenters. The highest BCUT2D eigenvalue weighted by Gasteiger charge is 2.19. The first kappa shape index (κ1) is 23.1. The fourth-order valence-electron chi connectivity index (χ4n) is 3.08. The Kier molecular flexibility index (Phi) is 6.67. The van der Waals surface area contributed by atoms with Gasteiger partial charge in [-0.15, -0.1) is 15.0 Å². The molecular weight excluding hydrogens is 477 g/mol. The Morgan fingerprint density at radius 3 is 2.35 bits per heavy atom. The molecule has 4 aromatic rings. The van der Waals surface area contributed by atoms with Crippen LogP contribution in [0.2, 0.25) is 10.0 Å². The lowest BCUT2D eigenvalue weighted by Gasteiger charge is -2.09. The van der Waals surface area contributed by atoms with E-state index >= 15 is 0 Å². The van der Waals surface area contributed by atoms with Crippen LogP contribution < -0.4 is 22.1 Å². The Balaban J connectivity index is 1.40. The molecule has 34 heavy (non-hydrogen) atoms. The van der Waals surface area contributed by atoms with E-state index in [1.165, 1.54) is 0 Å². The summed E-state index contributed by atoms with van der Waals surface area (Å²) in [5.74, 6) is -0.860. The number of hydrogen-bond acceptors (Lipinski definition) is 6. The second-order valence-electron chi connectivity index (χ2n) is 7.22. The first-order valence-corrected chi connectivity index (χ1v) is 10.8. The third kappa shape index (κ3) is 4.95. The maximum atomic E-state index is 12.6. The van der Waals surface area contributed by atoms with Crippen molar-refractivity contribution in [3.05, 3.63) is 93.6 Å². The molecule has 0 saturated carbocycles. The molecule has 0 aliphatic carbocycles. The Morgan fingerprint density at radius 1 is 0.882 bits per heavy atom. The predicted octanol–water partition coefficient (Wildman–Crippen LogP) is 3.92. The lowest BCUT2D eigenvalue weighted by molar-refractivity contribution is 0.0945. The number of nitrogens with zero attached hydrogens (tertiary/aromatic N) is 3. The zero-order valence-corrected chi connectivity index (χ0v) is 19.1. The van der Waals surface area contributed by atoms with Gasteiger partial charge >= 0.3 is 0 Å². The van der Waals surface area contributed by atoms with Gasteiger partial charge in [-0.05, 0) is 42.0 Å². The lowest BCUT2D eigenvalue weighted by Crippen LogP contribution is -2.24. The van der Waals surface area contributed by atoms with Crippen LogP contribution in [-0.2, 0) is 6.54 Å². The van der Waals surface area contributed by atoms with Crippen LogP contribution in [0.4, 0.5) is 17.2 Å². The van der Waals surface area contributed by atoms with Crippen molar-refractivity contribution >= 4 is 52.2 Å². The monoisotopic (exact) mass is 495 g/mol. The summed E-state index contributed by atoms with van der Waals surface area (Å²) < 4.78 is 0. The maximum absolute atomic E-state index is 12.6. The lowest BCUT2D eigenvalue weighted by atomic mass is 10.1. The molecule has 0 saturated heterocycles. The molecule has 1 heterocycles. The maximum Gasteiger partial charge on any atom is 0.275 e. The van der Waals surface area contributed by atoms with E-state index in [4.69, 9.17) is 34.7 Å². The smallest absolute Gasteiger partial charge is 0.275 e. The minimum atomic E-state index is -0.511. The summed E-state index contributed by atoms with van der Waals surface area (Å²) in [5.41, 5.74) is 14.3. The van der Waals surface area contributed by atoms with Gasteiger partial charge in [-0.25, -0.2) is 0 Å². The molecule has 1 aromatic heterocycles. The fraction of sp³-hybridized carbons (Fsp3) is 0.0435. The van der Waals surface area contributed by atoms with Gasteiger partial charge in [0.2, 0.25) is 0 Å².